The molecule has 9 nitrogen and oxygen atoms in total. The predicted molar refractivity (Wildman–Crippen MR) is 113 cm³/mol. The minimum atomic E-state index is -4.66. The molecule has 0 saturated carbocycles. The molecule has 34 heavy (non-hydrogen) atoms. The van der Waals surface area contributed by atoms with Gasteiger partial charge in [0.25, 0.3) is 0 Å². The third kappa shape index (κ3) is 4.56. The molecule has 1 aliphatic rings. The highest BCUT2D eigenvalue weighted by Crippen LogP contribution is 2.37. The number of para-hydroxylation sites is 1. The van der Waals surface area contributed by atoms with Gasteiger partial charge in [-0.3, -0.25) is 0 Å². The first-order chi connectivity index (χ1) is 16.2. The number of alkyl halides is 3. The average molecular weight is 475 g/mol. The Morgan fingerprint density at radius 2 is 2.09 bits per heavy atom. The first-order valence-corrected chi connectivity index (χ1v) is 10.4. The Morgan fingerprint density at radius 3 is 2.82 bits per heavy atom. The molecule has 1 N–H and O–H groups in total. The fraction of sp³-hybridized carbons (Fsp3) is 0.318. The van der Waals surface area contributed by atoms with Crippen LogP contribution >= 0.6 is 0 Å². The number of urea groups is 1. The number of pyridine rings is 1. The molecule has 1 saturated heterocycles. The summed E-state index contributed by atoms with van der Waals surface area (Å²) in [5.74, 6) is -0.253. The van der Waals surface area contributed by atoms with Crippen molar-refractivity contribution in [2.45, 2.75) is 38.7 Å². The molecule has 0 unspecified atom stereocenters. The smallest absolute Gasteiger partial charge is 0.419 e. The number of rotatable bonds is 5. The van der Waals surface area contributed by atoms with E-state index in [4.69, 9.17) is 9.47 Å². The molecule has 0 bridgehead atoms. The lowest BCUT2D eigenvalue weighted by molar-refractivity contribution is -0.137. The molecule has 2 aromatic heterocycles. The van der Waals surface area contributed by atoms with E-state index in [-0.39, 0.29) is 24.7 Å². The van der Waals surface area contributed by atoms with Crippen molar-refractivity contribution < 1.29 is 32.2 Å². The summed E-state index contributed by atoms with van der Waals surface area (Å²) in [7, 11) is 0. The topological polar surface area (TPSA) is 107 Å². The molecule has 2 atom stereocenters. The van der Waals surface area contributed by atoms with Gasteiger partial charge in [0, 0.05) is 24.2 Å². The highest BCUT2D eigenvalue weighted by molar-refractivity contribution is 5.93. The van der Waals surface area contributed by atoms with E-state index in [1.165, 1.54) is 13.3 Å². The number of amides is 3. The lowest BCUT2D eigenvalue weighted by Gasteiger charge is -2.20. The van der Waals surface area contributed by atoms with Crippen molar-refractivity contribution in [3.05, 3.63) is 59.7 Å². The minimum Gasteiger partial charge on any atom is -0.478 e. The van der Waals surface area contributed by atoms with Gasteiger partial charge in [-0.1, -0.05) is 18.2 Å². The zero-order valence-electron chi connectivity index (χ0n) is 18.2. The Balaban J connectivity index is 1.54. The number of carbonyl (C=O) groups is 2. The second-order valence-electron chi connectivity index (χ2n) is 7.50. The predicted octanol–water partition coefficient (Wildman–Crippen LogP) is 4.23. The van der Waals surface area contributed by atoms with E-state index in [2.05, 4.69) is 20.3 Å². The Bertz CT molecular complexity index is 1230. The van der Waals surface area contributed by atoms with E-state index < -0.39 is 36.0 Å². The first kappa shape index (κ1) is 23.2. The Kier molecular flexibility index (Phi) is 6.22. The van der Waals surface area contributed by atoms with Crippen LogP contribution < -0.4 is 10.1 Å². The molecule has 1 aromatic carbocycles. The maximum absolute atomic E-state index is 13.4. The van der Waals surface area contributed by atoms with Gasteiger partial charge < -0.3 is 14.8 Å². The highest BCUT2D eigenvalue weighted by atomic mass is 19.4. The summed E-state index contributed by atoms with van der Waals surface area (Å²) in [6, 6.07) is 5.25. The van der Waals surface area contributed by atoms with Crippen LogP contribution in [-0.4, -0.2) is 44.6 Å². The van der Waals surface area contributed by atoms with Gasteiger partial charge in [-0.05, 0) is 25.5 Å². The Hall–Kier alpha value is -3.96. The molecular formula is C22H20F3N5O4. The molecule has 12 heteroatoms. The number of hydrogen-bond donors (Lipinski definition) is 1. The Labute approximate surface area is 191 Å². The number of carbonyl (C=O) groups excluding carboxylic acids is 2. The maximum atomic E-state index is 13.4. The zero-order valence-corrected chi connectivity index (χ0v) is 18.2. The van der Waals surface area contributed by atoms with Crippen molar-refractivity contribution in [1.29, 1.82) is 0 Å². The van der Waals surface area contributed by atoms with Crippen LogP contribution in [0.15, 0.2) is 42.9 Å². The van der Waals surface area contributed by atoms with Crippen LogP contribution in [-0.2, 0) is 17.5 Å². The summed E-state index contributed by atoms with van der Waals surface area (Å²) in [5, 5.41) is 3.42. The van der Waals surface area contributed by atoms with E-state index in [1.54, 1.807) is 25.3 Å². The van der Waals surface area contributed by atoms with Gasteiger partial charge in [-0.25, -0.2) is 29.4 Å². The van der Waals surface area contributed by atoms with Gasteiger partial charge in [-0.2, -0.15) is 13.2 Å². The molecule has 0 radical (unpaired) electrons. The van der Waals surface area contributed by atoms with Crippen molar-refractivity contribution in [1.82, 2.24) is 25.2 Å². The van der Waals surface area contributed by atoms with Gasteiger partial charge >= 0.3 is 18.3 Å². The quantitative estimate of drug-likeness (QED) is 0.588. The normalized spacial score (nSPS) is 18.1. The molecule has 3 heterocycles. The van der Waals surface area contributed by atoms with E-state index in [1.807, 2.05) is 6.07 Å². The van der Waals surface area contributed by atoms with Crippen LogP contribution in [0.5, 0.6) is 5.88 Å². The van der Waals surface area contributed by atoms with Crippen molar-refractivity contribution in [2.75, 3.05) is 6.61 Å². The van der Waals surface area contributed by atoms with Gasteiger partial charge in [0.15, 0.2) is 6.10 Å². The molecule has 0 aliphatic carbocycles. The number of ether oxygens (including phenoxy) is 2. The minimum absolute atomic E-state index is 0.0602. The fourth-order valence-corrected chi connectivity index (χ4v) is 3.67. The number of aromatic nitrogens is 3. The van der Waals surface area contributed by atoms with E-state index in [0.717, 1.165) is 22.4 Å². The molecule has 1 aliphatic heterocycles. The first-order valence-electron chi connectivity index (χ1n) is 10.4. The second kappa shape index (κ2) is 9.12. The lowest BCUT2D eigenvalue weighted by Crippen LogP contribution is -2.44. The third-order valence-corrected chi connectivity index (χ3v) is 5.27. The summed E-state index contributed by atoms with van der Waals surface area (Å²) in [5.41, 5.74) is 0.181. The molecular weight excluding hydrogens is 455 g/mol. The van der Waals surface area contributed by atoms with Gasteiger partial charge in [0.05, 0.1) is 29.4 Å². The molecule has 4 rings (SSSR count). The third-order valence-electron chi connectivity index (χ3n) is 5.27. The molecule has 1 fully saturated rings. The Morgan fingerprint density at radius 1 is 1.29 bits per heavy atom. The number of nitrogens with one attached hydrogen (secondary N) is 1. The highest BCUT2D eigenvalue weighted by Gasteiger charge is 2.45. The van der Waals surface area contributed by atoms with Crippen LogP contribution in [0.4, 0.5) is 22.8 Å². The van der Waals surface area contributed by atoms with E-state index in [9.17, 15) is 22.8 Å². The zero-order chi connectivity index (χ0) is 24.5. The number of fused-ring (bicyclic) bond motifs is 1. The van der Waals surface area contributed by atoms with Crippen molar-refractivity contribution in [3.63, 3.8) is 0 Å². The summed E-state index contributed by atoms with van der Waals surface area (Å²) in [6.07, 6.45) is -3.83. The number of hydrogen-bond acceptors (Lipinski definition) is 7. The summed E-state index contributed by atoms with van der Waals surface area (Å²) < 4.78 is 50.4. The van der Waals surface area contributed by atoms with Crippen molar-refractivity contribution in [2.24, 2.45) is 0 Å². The summed E-state index contributed by atoms with van der Waals surface area (Å²) in [4.78, 5) is 38.3. The van der Waals surface area contributed by atoms with E-state index >= 15 is 0 Å². The van der Waals surface area contributed by atoms with E-state index in [0.29, 0.717) is 11.1 Å². The largest absolute Gasteiger partial charge is 0.478 e. The summed E-state index contributed by atoms with van der Waals surface area (Å²) >= 11 is 0. The molecule has 3 aromatic rings. The van der Waals surface area contributed by atoms with Gasteiger partial charge in [-0.15, -0.1) is 0 Å². The van der Waals surface area contributed by atoms with Crippen LogP contribution in [0.2, 0.25) is 0 Å². The number of halogens is 3. The standard InChI is InChI=1S/C22H20F3N5O4/c1-3-33-17-8-15(22(23,24)25)7-16(29-17)19-12(2)30(21(32)34-19)20(31)27-10-14-6-4-5-13-9-26-11-28-18(13)14/h4-9,11-12,19H,3,10H2,1-2H3,(H,27,31)/t12-,19-/m0/s1. The van der Waals surface area contributed by atoms with Crippen LogP contribution in [0.25, 0.3) is 10.9 Å². The van der Waals surface area contributed by atoms with Crippen LogP contribution in [0.1, 0.15) is 36.8 Å². The SMILES string of the molecule is CCOc1cc(C(F)(F)F)cc([C@H]2OC(=O)N(C(=O)NCc3cccc4cncnc34)[C@H]2C)n1. The maximum Gasteiger partial charge on any atom is 0.419 e. The molecule has 0 spiro atoms. The van der Waals surface area contributed by atoms with Gasteiger partial charge in [0.1, 0.15) is 6.33 Å². The molecule has 3 amide bonds. The van der Waals surface area contributed by atoms with Crippen molar-refractivity contribution >= 4 is 23.0 Å². The number of imide groups is 1. The van der Waals surface area contributed by atoms with Crippen LogP contribution in [0, 0.1) is 0 Å². The van der Waals surface area contributed by atoms with Crippen LogP contribution in [0.3, 0.4) is 0 Å². The number of nitrogens with zero attached hydrogens (tertiary/aromatic N) is 4. The van der Waals surface area contributed by atoms with Gasteiger partial charge in [0.2, 0.25) is 5.88 Å². The number of cyclic esters (lactones) is 1. The van der Waals surface area contributed by atoms with Crippen molar-refractivity contribution in [3.8, 4) is 5.88 Å². The fourth-order valence-electron chi connectivity index (χ4n) is 3.67. The summed E-state index contributed by atoms with van der Waals surface area (Å²) in [6.45, 7) is 3.25. The lowest BCUT2D eigenvalue weighted by atomic mass is 10.1. The second-order valence-corrected chi connectivity index (χ2v) is 7.50. The molecule has 178 valence electrons. The average Bonchev–Trinajstić information content (AvgIpc) is 3.10. The number of benzene rings is 1. The monoisotopic (exact) mass is 475 g/mol.